The van der Waals surface area contributed by atoms with E-state index in [2.05, 4.69) is 34.9 Å². The lowest BCUT2D eigenvalue weighted by Gasteiger charge is -2.38. The van der Waals surface area contributed by atoms with Crippen molar-refractivity contribution in [1.82, 2.24) is 14.9 Å². The Hall–Kier alpha value is -1.60. The first kappa shape index (κ1) is 23.1. The number of sulfonamides is 1. The van der Waals surface area contributed by atoms with Crippen molar-refractivity contribution >= 4 is 16.1 Å². The van der Waals surface area contributed by atoms with Crippen LogP contribution in [-0.4, -0.2) is 49.2 Å². The molecule has 1 saturated heterocycles. The number of carbonyl (C=O) groups is 1. The molecule has 1 heterocycles. The monoisotopic (exact) mass is 435 g/mol. The van der Waals surface area contributed by atoms with Crippen LogP contribution in [0.5, 0.6) is 0 Å². The molecule has 0 unspecified atom stereocenters. The maximum Gasteiger partial charge on any atom is 0.315 e. The van der Waals surface area contributed by atoms with E-state index >= 15 is 0 Å². The first-order valence-electron chi connectivity index (χ1n) is 11.2. The third-order valence-corrected chi connectivity index (χ3v) is 9.28. The quantitative estimate of drug-likeness (QED) is 0.739. The lowest BCUT2D eigenvalue weighted by molar-refractivity contribution is 0.218. The zero-order chi connectivity index (χ0) is 21.8. The van der Waals surface area contributed by atoms with Crippen LogP contribution in [0.2, 0.25) is 0 Å². The smallest absolute Gasteiger partial charge is 0.315 e. The Morgan fingerprint density at radius 3 is 2.23 bits per heavy atom. The number of nitrogens with zero attached hydrogens (tertiary/aromatic N) is 1. The molecule has 0 atom stereocenters. The van der Waals surface area contributed by atoms with Crippen molar-refractivity contribution in [2.24, 2.45) is 0 Å². The average Bonchev–Trinajstić information content (AvgIpc) is 2.73. The van der Waals surface area contributed by atoms with Crippen LogP contribution in [0, 0.1) is 0 Å². The molecule has 2 N–H and O–H groups in total. The predicted octanol–water partition coefficient (Wildman–Crippen LogP) is 3.78. The molecule has 7 heteroatoms. The van der Waals surface area contributed by atoms with Gasteiger partial charge in [-0.25, -0.2) is 17.5 Å². The summed E-state index contributed by atoms with van der Waals surface area (Å²) in [5.74, 6) is 0. The Balaban J connectivity index is 1.52. The molecular formula is C23H37N3O3S. The number of piperidine rings is 1. The zero-order valence-electron chi connectivity index (χ0n) is 18.6. The zero-order valence-corrected chi connectivity index (χ0v) is 19.4. The van der Waals surface area contributed by atoms with Crippen LogP contribution >= 0.6 is 0 Å². The molecule has 1 aromatic rings. The second kappa shape index (κ2) is 9.27. The van der Waals surface area contributed by atoms with Crippen molar-refractivity contribution in [1.29, 1.82) is 0 Å². The molecule has 30 heavy (non-hydrogen) atoms. The molecule has 168 valence electrons. The van der Waals surface area contributed by atoms with Gasteiger partial charge in [0.25, 0.3) is 0 Å². The van der Waals surface area contributed by atoms with E-state index in [0.717, 1.165) is 12.8 Å². The largest absolute Gasteiger partial charge is 0.337 e. The minimum Gasteiger partial charge on any atom is -0.337 e. The van der Waals surface area contributed by atoms with Crippen LogP contribution in [0.25, 0.3) is 0 Å². The van der Waals surface area contributed by atoms with Gasteiger partial charge in [0, 0.05) is 31.1 Å². The van der Waals surface area contributed by atoms with Gasteiger partial charge in [-0.15, -0.1) is 0 Å². The van der Waals surface area contributed by atoms with E-state index in [9.17, 15) is 13.2 Å². The van der Waals surface area contributed by atoms with E-state index in [-0.39, 0.29) is 17.5 Å². The summed E-state index contributed by atoms with van der Waals surface area (Å²) in [6, 6.07) is 10.4. The van der Waals surface area contributed by atoms with Gasteiger partial charge in [0.15, 0.2) is 0 Å². The highest BCUT2D eigenvalue weighted by molar-refractivity contribution is 7.90. The van der Waals surface area contributed by atoms with Gasteiger partial charge in [-0.2, -0.15) is 0 Å². The minimum atomic E-state index is -3.31. The number of rotatable bonds is 5. The third-order valence-electron chi connectivity index (χ3n) is 6.69. The second-order valence-corrected chi connectivity index (χ2v) is 12.5. The van der Waals surface area contributed by atoms with Crippen molar-refractivity contribution in [3.8, 4) is 0 Å². The van der Waals surface area contributed by atoms with Gasteiger partial charge in [0.05, 0.1) is 4.75 Å². The SMILES string of the molecule is CC(C)(C)S(=O)(=O)N1CCC(NC(=O)NCC2(c3ccccc3)CCCCC2)CC1. The lowest BCUT2D eigenvalue weighted by atomic mass is 9.69. The van der Waals surface area contributed by atoms with Crippen LogP contribution in [0.15, 0.2) is 30.3 Å². The van der Waals surface area contributed by atoms with Gasteiger partial charge in [0.1, 0.15) is 0 Å². The molecule has 1 aliphatic carbocycles. The average molecular weight is 436 g/mol. The maximum atomic E-state index is 12.6. The fourth-order valence-corrected chi connectivity index (χ4v) is 6.17. The van der Waals surface area contributed by atoms with Gasteiger partial charge in [0.2, 0.25) is 10.0 Å². The summed E-state index contributed by atoms with van der Waals surface area (Å²) in [6.45, 7) is 6.74. The molecular weight excluding hydrogens is 398 g/mol. The highest BCUT2D eigenvalue weighted by Gasteiger charge is 2.38. The van der Waals surface area contributed by atoms with E-state index in [4.69, 9.17) is 0 Å². The number of urea groups is 1. The van der Waals surface area contributed by atoms with Crippen molar-refractivity contribution in [3.05, 3.63) is 35.9 Å². The summed E-state index contributed by atoms with van der Waals surface area (Å²) >= 11 is 0. The van der Waals surface area contributed by atoms with Crippen molar-refractivity contribution in [2.45, 2.75) is 81.9 Å². The van der Waals surface area contributed by atoms with Crippen molar-refractivity contribution < 1.29 is 13.2 Å². The number of hydrogen-bond acceptors (Lipinski definition) is 3. The molecule has 0 bridgehead atoms. The highest BCUT2D eigenvalue weighted by Crippen LogP contribution is 2.38. The number of benzene rings is 1. The van der Waals surface area contributed by atoms with Crippen LogP contribution < -0.4 is 10.6 Å². The van der Waals surface area contributed by atoms with E-state index in [1.165, 1.54) is 24.8 Å². The number of nitrogens with one attached hydrogen (secondary N) is 2. The molecule has 1 aromatic carbocycles. The molecule has 2 amide bonds. The van der Waals surface area contributed by atoms with E-state index in [1.54, 1.807) is 25.1 Å². The molecule has 3 rings (SSSR count). The van der Waals surface area contributed by atoms with Gasteiger partial charge >= 0.3 is 6.03 Å². The number of hydrogen-bond donors (Lipinski definition) is 2. The molecule has 0 aromatic heterocycles. The normalized spacial score (nSPS) is 21.2. The number of amides is 2. The first-order chi connectivity index (χ1) is 14.1. The minimum absolute atomic E-state index is 0.00968. The van der Waals surface area contributed by atoms with E-state index in [1.807, 2.05) is 6.07 Å². The Morgan fingerprint density at radius 2 is 1.67 bits per heavy atom. The fourth-order valence-electron chi connectivity index (χ4n) is 4.70. The first-order valence-corrected chi connectivity index (χ1v) is 12.7. The predicted molar refractivity (Wildman–Crippen MR) is 121 cm³/mol. The second-order valence-electron chi connectivity index (χ2n) is 9.82. The molecule has 1 saturated carbocycles. The van der Waals surface area contributed by atoms with Crippen molar-refractivity contribution in [3.63, 3.8) is 0 Å². The topological polar surface area (TPSA) is 78.5 Å². The van der Waals surface area contributed by atoms with Gasteiger partial charge in [-0.05, 0) is 52.0 Å². The molecule has 1 aliphatic heterocycles. The summed E-state index contributed by atoms with van der Waals surface area (Å²) in [6.07, 6.45) is 7.13. The van der Waals surface area contributed by atoms with Gasteiger partial charge in [-0.3, -0.25) is 0 Å². The maximum absolute atomic E-state index is 12.6. The third kappa shape index (κ3) is 5.17. The molecule has 0 spiro atoms. The van der Waals surface area contributed by atoms with Gasteiger partial charge in [-0.1, -0.05) is 49.6 Å². The molecule has 2 aliphatic rings. The van der Waals surface area contributed by atoms with Crippen LogP contribution in [0.4, 0.5) is 4.79 Å². The summed E-state index contributed by atoms with van der Waals surface area (Å²) < 4.78 is 26.0. The number of carbonyl (C=O) groups excluding carboxylic acids is 1. The van der Waals surface area contributed by atoms with Gasteiger partial charge < -0.3 is 10.6 Å². The van der Waals surface area contributed by atoms with E-state index in [0.29, 0.717) is 32.5 Å². The highest BCUT2D eigenvalue weighted by atomic mass is 32.2. The summed E-state index contributed by atoms with van der Waals surface area (Å²) in [7, 11) is -3.31. The molecule has 6 nitrogen and oxygen atoms in total. The lowest BCUT2D eigenvalue weighted by Crippen LogP contribution is -2.53. The van der Waals surface area contributed by atoms with Crippen LogP contribution in [-0.2, 0) is 15.4 Å². The van der Waals surface area contributed by atoms with E-state index < -0.39 is 14.8 Å². The standard InChI is InChI=1S/C23H37N3O3S/c1-22(2,3)30(28,29)26-16-12-20(13-17-26)25-21(27)24-18-23(14-8-5-9-15-23)19-10-6-4-7-11-19/h4,6-7,10-11,20H,5,8-9,12-18H2,1-3H3,(H2,24,25,27). The Bertz CT molecular complexity index is 804. The Morgan fingerprint density at radius 1 is 1.07 bits per heavy atom. The fraction of sp³-hybridized carbons (Fsp3) is 0.696. The molecule has 2 fully saturated rings. The Kier molecular flexibility index (Phi) is 7.13. The Labute approximate surface area is 181 Å². The summed E-state index contributed by atoms with van der Waals surface area (Å²) in [4.78, 5) is 12.6. The van der Waals surface area contributed by atoms with Crippen molar-refractivity contribution in [2.75, 3.05) is 19.6 Å². The van der Waals surface area contributed by atoms with Crippen LogP contribution in [0.1, 0.15) is 71.3 Å². The van der Waals surface area contributed by atoms with Crippen LogP contribution in [0.3, 0.4) is 0 Å². The molecule has 0 radical (unpaired) electrons. The summed E-state index contributed by atoms with van der Waals surface area (Å²) in [5, 5.41) is 6.19. The summed E-state index contributed by atoms with van der Waals surface area (Å²) in [5.41, 5.74) is 1.33.